The summed E-state index contributed by atoms with van der Waals surface area (Å²) in [6.45, 7) is 2.86. The monoisotopic (exact) mass is 182 g/mol. The van der Waals surface area contributed by atoms with Crippen LogP contribution in [-0.4, -0.2) is 22.1 Å². The topological polar surface area (TPSA) is 54.3 Å². The van der Waals surface area contributed by atoms with Crippen molar-refractivity contribution >= 4 is 5.91 Å². The third kappa shape index (κ3) is 2.91. The summed E-state index contributed by atoms with van der Waals surface area (Å²) in [5.74, 6) is -0.0115. The van der Waals surface area contributed by atoms with Gasteiger partial charge in [0, 0.05) is 18.9 Å². The van der Waals surface area contributed by atoms with Gasteiger partial charge >= 0.3 is 0 Å². The van der Waals surface area contributed by atoms with Gasteiger partial charge < -0.3 is 15.0 Å². The third-order valence-corrected chi connectivity index (χ3v) is 1.69. The van der Waals surface area contributed by atoms with E-state index in [9.17, 15) is 4.79 Å². The van der Waals surface area contributed by atoms with Crippen molar-refractivity contribution in [3.8, 4) is 0 Å². The van der Waals surface area contributed by atoms with E-state index >= 15 is 0 Å². The second-order valence-electron chi connectivity index (χ2n) is 2.80. The van der Waals surface area contributed by atoms with Gasteiger partial charge in [-0.25, -0.2) is 0 Å². The highest BCUT2D eigenvalue weighted by molar-refractivity contribution is 5.75. The van der Waals surface area contributed by atoms with Gasteiger partial charge in [0.05, 0.1) is 6.61 Å². The van der Waals surface area contributed by atoms with Gasteiger partial charge in [-0.15, -0.1) is 0 Å². The number of aliphatic hydroxyl groups is 1. The number of nitrogens with zero attached hydrogens (tertiary/aromatic N) is 1. The average molecular weight is 182 g/mol. The van der Waals surface area contributed by atoms with Gasteiger partial charge in [0.15, 0.2) is 0 Å². The van der Waals surface area contributed by atoms with Crippen LogP contribution < -0.4 is 5.32 Å². The zero-order valence-corrected chi connectivity index (χ0v) is 7.66. The maximum atomic E-state index is 11.1. The van der Waals surface area contributed by atoms with Crippen LogP contribution in [0.1, 0.15) is 12.5 Å². The van der Waals surface area contributed by atoms with Crippen molar-refractivity contribution in [3.63, 3.8) is 0 Å². The van der Waals surface area contributed by atoms with E-state index in [1.54, 1.807) is 23.0 Å². The fourth-order valence-electron chi connectivity index (χ4n) is 1.10. The number of rotatable bonds is 4. The van der Waals surface area contributed by atoms with E-state index in [4.69, 9.17) is 5.11 Å². The lowest BCUT2D eigenvalue weighted by Gasteiger charge is -2.02. The third-order valence-electron chi connectivity index (χ3n) is 1.69. The summed E-state index contributed by atoms with van der Waals surface area (Å²) in [5.41, 5.74) is 0.823. The highest BCUT2D eigenvalue weighted by Crippen LogP contribution is 2.00. The number of hydrogen-bond donors (Lipinski definition) is 2. The Hall–Kier alpha value is -1.29. The number of aliphatic hydroxyl groups excluding tert-OH is 1. The molecule has 0 saturated carbocycles. The second-order valence-corrected chi connectivity index (χ2v) is 2.80. The van der Waals surface area contributed by atoms with Crippen molar-refractivity contribution < 1.29 is 9.90 Å². The van der Waals surface area contributed by atoms with Gasteiger partial charge in [-0.2, -0.15) is 0 Å². The van der Waals surface area contributed by atoms with Crippen molar-refractivity contribution in [2.45, 2.75) is 20.1 Å². The normalized spacial score (nSPS) is 10.0. The molecule has 13 heavy (non-hydrogen) atoms. The zero-order valence-electron chi connectivity index (χ0n) is 7.66. The van der Waals surface area contributed by atoms with Gasteiger partial charge in [0.2, 0.25) is 5.91 Å². The molecule has 1 amide bonds. The highest BCUT2D eigenvalue weighted by atomic mass is 16.3. The van der Waals surface area contributed by atoms with Crippen molar-refractivity contribution in [1.29, 1.82) is 0 Å². The molecule has 4 nitrogen and oxygen atoms in total. The van der Waals surface area contributed by atoms with Crippen LogP contribution in [0.2, 0.25) is 0 Å². The van der Waals surface area contributed by atoms with E-state index in [0.717, 1.165) is 5.56 Å². The summed E-state index contributed by atoms with van der Waals surface area (Å²) in [6, 6.07) is 1.79. The molecule has 0 spiro atoms. The maximum Gasteiger partial charge on any atom is 0.239 e. The lowest BCUT2D eigenvalue weighted by Crippen LogP contribution is -2.26. The molecule has 0 bridgehead atoms. The van der Waals surface area contributed by atoms with Crippen LogP contribution in [0.3, 0.4) is 0 Å². The van der Waals surface area contributed by atoms with E-state index in [-0.39, 0.29) is 12.5 Å². The van der Waals surface area contributed by atoms with E-state index in [1.165, 1.54) is 0 Å². The Labute approximate surface area is 77.2 Å². The molecular formula is C9H14N2O2. The molecule has 0 fully saturated rings. The summed E-state index contributed by atoms with van der Waals surface area (Å²) in [4.78, 5) is 11.1. The second kappa shape index (κ2) is 4.67. The van der Waals surface area contributed by atoms with Crippen molar-refractivity contribution in [3.05, 3.63) is 24.0 Å². The molecule has 1 heterocycles. The summed E-state index contributed by atoms with van der Waals surface area (Å²) in [6.07, 6.45) is 3.54. The van der Waals surface area contributed by atoms with E-state index < -0.39 is 0 Å². The van der Waals surface area contributed by atoms with Crippen LogP contribution in [0.25, 0.3) is 0 Å². The van der Waals surface area contributed by atoms with Gasteiger partial charge in [0.1, 0.15) is 6.54 Å². The van der Waals surface area contributed by atoms with E-state index in [2.05, 4.69) is 5.32 Å². The van der Waals surface area contributed by atoms with E-state index in [0.29, 0.717) is 13.1 Å². The quantitative estimate of drug-likeness (QED) is 0.694. The van der Waals surface area contributed by atoms with E-state index in [1.807, 2.05) is 6.92 Å². The standard InChI is InChI=1S/C9H14N2O2/c1-2-10-9(13)6-11-4-3-8(5-11)7-12/h3-5,12H,2,6-7H2,1H3,(H,10,13). The Balaban J connectivity index is 2.49. The van der Waals surface area contributed by atoms with Crippen LogP contribution in [-0.2, 0) is 17.9 Å². The van der Waals surface area contributed by atoms with Crippen LogP contribution in [0, 0.1) is 0 Å². The average Bonchev–Trinajstić information content (AvgIpc) is 2.52. The number of amides is 1. The molecule has 0 aliphatic carbocycles. The van der Waals surface area contributed by atoms with Crippen LogP contribution in [0.5, 0.6) is 0 Å². The van der Waals surface area contributed by atoms with Gasteiger partial charge in [0.25, 0.3) is 0 Å². The predicted octanol–water partition coefficient (Wildman–Crippen LogP) is 0.116. The zero-order chi connectivity index (χ0) is 9.68. The molecule has 0 atom stereocenters. The van der Waals surface area contributed by atoms with Crippen molar-refractivity contribution in [1.82, 2.24) is 9.88 Å². The van der Waals surface area contributed by atoms with Gasteiger partial charge in [-0.05, 0) is 18.6 Å². The molecule has 0 aromatic carbocycles. The first-order valence-corrected chi connectivity index (χ1v) is 4.28. The first-order valence-electron chi connectivity index (χ1n) is 4.28. The lowest BCUT2D eigenvalue weighted by molar-refractivity contribution is -0.121. The van der Waals surface area contributed by atoms with Gasteiger partial charge in [-0.1, -0.05) is 0 Å². The predicted molar refractivity (Wildman–Crippen MR) is 49.0 cm³/mol. The molecule has 1 aromatic rings. The number of likely N-dealkylation sites (N-methyl/N-ethyl adjacent to an activating group) is 1. The molecule has 0 saturated heterocycles. The largest absolute Gasteiger partial charge is 0.392 e. The van der Waals surface area contributed by atoms with Crippen LogP contribution in [0.4, 0.5) is 0 Å². The lowest BCUT2D eigenvalue weighted by atomic mass is 10.4. The Morgan fingerprint density at radius 1 is 1.69 bits per heavy atom. The number of hydrogen-bond acceptors (Lipinski definition) is 2. The Kier molecular flexibility index (Phi) is 3.52. The molecule has 1 rings (SSSR count). The molecule has 1 aromatic heterocycles. The maximum absolute atomic E-state index is 11.1. The highest BCUT2D eigenvalue weighted by Gasteiger charge is 2.00. The summed E-state index contributed by atoms with van der Waals surface area (Å²) >= 11 is 0. The summed E-state index contributed by atoms with van der Waals surface area (Å²) < 4.78 is 1.75. The Morgan fingerprint density at radius 2 is 2.46 bits per heavy atom. The molecule has 0 radical (unpaired) electrons. The SMILES string of the molecule is CCNC(=O)Cn1ccc(CO)c1. The Morgan fingerprint density at radius 3 is 3.00 bits per heavy atom. The minimum Gasteiger partial charge on any atom is -0.392 e. The van der Waals surface area contributed by atoms with Crippen molar-refractivity contribution in [2.75, 3.05) is 6.54 Å². The first-order chi connectivity index (χ1) is 6.26. The minimum atomic E-state index is -0.0115. The van der Waals surface area contributed by atoms with Gasteiger partial charge in [-0.3, -0.25) is 4.79 Å². The summed E-state index contributed by atoms with van der Waals surface area (Å²) in [5, 5.41) is 11.5. The number of aromatic nitrogens is 1. The molecule has 0 aliphatic rings. The number of carbonyl (C=O) groups excluding carboxylic acids is 1. The van der Waals surface area contributed by atoms with Crippen molar-refractivity contribution in [2.24, 2.45) is 0 Å². The van der Waals surface area contributed by atoms with Crippen LogP contribution in [0.15, 0.2) is 18.5 Å². The molecule has 72 valence electrons. The van der Waals surface area contributed by atoms with Crippen LogP contribution >= 0.6 is 0 Å². The smallest absolute Gasteiger partial charge is 0.239 e. The first kappa shape index (κ1) is 9.80. The molecule has 0 unspecified atom stereocenters. The molecule has 2 N–H and O–H groups in total. The number of carbonyl (C=O) groups is 1. The molecule has 4 heteroatoms. The minimum absolute atomic E-state index is 0.0115. The fourth-order valence-corrected chi connectivity index (χ4v) is 1.10. The Bertz CT molecular complexity index is 281. The summed E-state index contributed by atoms with van der Waals surface area (Å²) in [7, 11) is 0. The molecular weight excluding hydrogens is 168 g/mol. The molecule has 0 aliphatic heterocycles. The number of nitrogens with one attached hydrogen (secondary N) is 1. The fraction of sp³-hybridized carbons (Fsp3) is 0.444.